The second kappa shape index (κ2) is 13.9. The molecule has 1 heterocycles. The van der Waals surface area contributed by atoms with E-state index in [-0.39, 0.29) is 43.6 Å². The van der Waals surface area contributed by atoms with Gasteiger partial charge >= 0.3 is 12.1 Å². The number of nitrogens with one attached hydrogen (secondary N) is 3. The number of carbonyl (C=O) groups excluding carboxylic acids is 1. The average molecular weight is 525 g/mol. The Morgan fingerprint density at radius 3 is 2.62 bits per heavy atom. The first-order chi connectivity index (χ1) is 17.7. The molecule has 208 valence electrons. The molecule has 0 aromatic heterocycles. The smallest absolute Gasteiger partial charge is 0.404 e. The van der Waals surface area contributed by atoms with E-state index >= 15 is 0 Å². The van der Waals surface area contributed by atoms with E-state index < -0.39 is 29.2 Å². The number of nitrogens with zero attached hydrogens (tertiary/aromatic N) is 1. The minimum absolute atomic E-state index is 0.0115. The molecule has 3 atom stereocenters. The third-order valence-corrected chi connectivity index (χ3v) is 7.93. The van der Waals surface area contributed by atoms with E-state index in [2.05, 4.69) is 16.0 Å². The number of carboxylic acid groups (broad SMARTS) is 1. The second-order valence-corrected chi connectivity index (χ2v) is 10.6. The number of aliphatic hydroxyl groups is 1. The number of likely N-dealkylation sites (tertiary alicyclic amines) is 1. The van der Waals surface area contributed by atoms with Crippen molar-refractivity contribution in [3.63, 3.8) is 0 Å². The van der Waals surface area contributed by atoms with Crippen LogP contribution in [-0.4, -0.2) is 66.5 Å². The van der Waals surface area contributed by atoms with Crippen molar-refractivity contribution in [3.8, 4) is 0 Å². The summed E-state index contributed by atoms with van der Waals surface area (Å²) in [5.41, 5.74) is -1.90. The van der Waals surface area contributed by atoms with Crippen LogP contribution in [0.5, 0.6) is 0 Å². The number of rotatable bonds is 11. The molecular formula is C27H42F2N4O4. The predicted molar refractivity (Wildman–Crippen MR) is 137 cm³/mol. The van der Waals surface area contributed by atoms with Gasteiger partial charge in [-0.05, 0) is 51.1 Å². The third kappa shape index (κ3) is 8.01. The largest absolute Gasteiger partial charge is 0.465 e. The lowest BCUT2D eigenvalue weighted by Gasteiger charge is -2.43. The Hall–Kier alpha value is -2.46. The van der Waals surface area contributed by atoms with Gasteiger partial charge in [0.2, 0.25) is 0 Å². The van der Waals surface area contributed by atoms with Crippen LogP contribution in [0.4, 0.5) is 18.4 Å². The van der Waals surface area contributed by atoms with Crippen molar-refractivity contribution in [3.05, 3.63) is 35.4 Å². The van der Waals surface area contributed by atoms with Crippen LogP contribution in [-0.2, 0) is 5.60 Å². The van der Waals surface area contributed by atoms with Gasteiger partial charge in [-0.15, -0.1) is 0 Å². The highest BCUT2D eigenvalue weighted by Gasteiger charge is 2.43. The Morgan fingerprint density at radius 1 is 1.16 bits per heavy atom. The quantitative estimate of drug-likeness (QED) is 0.279. The molecule has 1 aliphatic heterocycles. The Bertz CT molecular complexity index is 899. The lowest BCUT2D eigenvalue weighted by molar-refractivity contribution is -0.0580. The highest BCUT2D eigenvalue weighted by atomic mass is 19.2. The number of piperidine rings is 1. The summed E-state index contributed by atoms with van der Waals surface area (Å²) in [6.07, 6.45) is 7.24. The van der Waals surface area contributed by atoms with Crippen LogP contribution in [0, 0.1) is 23.5 Å². The fraction of sp³-hybridized carbons (Fsp3) is 0.704. The van der Waals surface area contributed by atoms with Gasteiger partial charge in [0.05, 0.1) is 5.60 Å². The van der Waals surface area contributed by atoms with Gasteiger partial charge in [-0.2, -0.15) is 0 Å². The van der Waals surface area contributed by atoms with E-state index in [4.69, 9.17) is 5.11 Å². The van der Waals surface area contributed by atoms with Crippen LogP contribution in [0.1, 0.15) is 69.8 Å². The zero-order valence-electron chi connectivity index (χ0n) is 21.8. The normalized spacial score (nSPS) is 21.2. The summed E-state index contributed by atoms with van der Waals surface area (Å²) >= 11 is 0. The van der Waals surface area contributed by atoms with Crippen LogP contribution in [0.25, 0.3) is 0 Å². The summed E-state index contributed by atoms with van der Waals surface area (Å²) in [6.45, 7) is 1.44. The van der Waals surface area contributed by atoms with E-state index in [0.29, 0.717) is 31.8 Å². The first-order valence-electron chi connectivity index (χ1n) is 13.6. The molecule has 0 unspecified atom stereocenters. The zero-order valence-corrected chi connectivity index (χ0v) is 21.8. The molecule has 1 saturated heterocycles. The fourth-order valence-corrected chi connectivity index (χ4v) is 6.03. The maximum Gasteiger partial charge on any atom is 0.404 e. The van der Waals surface area contributed by atoms with Crippen molar-refractivity contribution >= 4 is 12.1 Å². The lowest BCUT2D eigenvalue weighted by Crippen LogP contribution is -2.54. The van der Waals surface area contributed by atoms with E-state index in [1.165, 1.54) is 44.2 Å². The van der Waals surface area contributed by atoms with Crippen molar-refractivity contribution in [1.82, 2.24) is 20.9 Å². The summed E-state index contributed by atoms with van der Waals surface area (Å²) in [4.78, 5) is 25.8. The summed E-state index contributed by atoms with van der Waals surface area (Å²) in [5.74, 6) is -2.10. The SMILES string of the molecule is CNC[C@H](CC1CCCCC1)NC(=O)N1CCC[C@@H]([C@@](O)(CCCNC(=O)O)c2cccc(F)c2F)C1. The minimum Gasteiger partial charge on any atom is -0.465 e. The molecule has 2 fully saturated rings. The van der Waals surface area contributed by atoms with Crippen molar-refractivity contribution in [2.24, 2.45) is 11.8 Å². The van der Waals surface area contributed by atoms with Crippen molar-refractivity contribution in [2.45, 2.75) is 75.9 Å². The average Bonchev–Trinajstić information content (AvgIpc) is 2.89. The molecule has 10 heteroatoms. The monoisotopic (exact) mass is 524 g/mol. The van der Waals surface area contributed by atoms with Gasteiger partial charge in [-0.1, -0.05) is 44.2 Å². The second-order valence-electron chi connectivity index (χ2n) is 10.6. The number of carbonyl (C=O) groups is 2. The van der Waals surface area contributed by atoms with Gasteiger partial charge in [0.15, 0.2) is 11.6 Å². The Morgan fingerprint density at radius 2 is 1.92 bits per heavy atom. The van der Waals surface area contributed by atoms with Crippen LogP contribution in [0.3, 0.4) is 0 Å². The molecule has 1 aromatic rings. The maximum absolute atomic E-state index is 14.9. The molecule has 5 N–H and O–H groups in total. The predicted octanol–water partition coefficient (Wildman–Crippen LogP) is 4.18. The first kappa shape index (κ1) is 29.1. The standard InChI is InChI=1S/C27H42F2N4O4/c1-30-17-21(16-19-8-3-2-4-9-19)32-25(34)33-15-6-10-20(18-33)27(37,13-7-14-31-26(35)36)22-11-5-12-23(28)24(22)29/h5,11-12,19-21,30-31,37H,2-4,6-10,13-18H2,1H3,(H,32,34)(H,35,36)/t20-,21+,27+/m1/s1. The molecule has 37 heavy (non-hydrogen) atoms. The Balaban J connectivity index is 1.72. The fourth-order valence-electron chi connectivity index (χ4n) is 6.03. The summed E-state index contributed by atoms with van der Waals surface area (Å²) in [6, 6.07) is 3.50. The summed E-state index contributed by atoms with van der Waals surface area (Å²) < 4.78 is 29.0. The van der Waals surface area contributed by atoms with E-state index in [9.17, 15) is 23.5 Å². The summed E-state index contributed by atoms with van der Waals surface area (Å²) in [7, 11) is 1.86. The number of benzene rings is 1. The van der Waals surface area contributed by atoms with Crippen molar-refractivity contribution in [1.29, 1.82) is 0 Å². The highest BCUT2D eigenvalue weighted by molar-refractivity contribution is 5.74. The van der Waals surface area contributed by atoms with E-state index in [1.807, 2.05) is 7.05 Å². The van der Waals surface area contributed by atoms with Crippen molar-refractivity contribution < 1.29 is 28.6 Å². The topological polar surface area (TPSA) is 114 Å². The molecule has 3 rings (SSSR count). The molecule has 0 bridgehead atoms. The summed E-state index contributed by atoms with van der Waals surface area (Å²) in [5, 5.41) is 29.3. The lowest BCUT2D eigenvalue weighted by atomic mass is 9.74. The van der Waals surface area contributed by atoms with Crippen LogP contribution < -0.4 is 16.0 Å². The molecule has 8 nitrogen and oxygen atoms in total. The molecule has 0 spiro atoms. The van der Waals surface area contributed by atoms with Gasteiger partial charge < -0.3 is 31.1 Å². The Labute approximate surface area is 218 Å². The van der Waals surface area contributed by atoms with Crippen LogP contribution in [0.2, 0.25) is 0 Å². The molecule has 3 amide bonds. The van der Waals surface area contributed by atoms with Gasteiger partial charge in [-0.25, -0.2) is 18.4 Å². The molecule has 1 aromatic carbocycles. The molecule has 1 saturated carbocycles. The van der Waals surface area contributed by atoms with Gasteiger partial charge in [0.1, 0.15) is 0 Å². The third-order valence-electron chi connectivity index (χ3n) is 7.93. The molecular weight excluding hydrogens is 482 g/mol. The maximum atomic E-state index is 14.9. The minimum atomic E-state index is -1.75. The van der Waals surface area contributed by atoms with Crippen LogP contribution >= 0.6 is 0 Å². The molecule has 0 radical (unpaired) electrons. The molecule has 2 aliphatic rings. The first-order valence-corrected chi connectivity index (χ1v) is 13.6. The highest BCUT2D eigenvalue weighted by Crippen LogP contribution is 2.41. The zero-order chi connectivity index (χ0) is 26.8. The number of likely N-dealkylation sites (N-methyl/N-ethyl adjacent to an activating group) is 1. The van der Waals surface area contributed by atoms with E-state index in [0.717, 1.165) is 12.5 Å². The number of hydrogen-bond donors (Lipinski definition) is 5. The van der Waals surface area contributed by atoms with Crippen molar-refractivity contribution in [2.75, 3.05) is 33.2 Å². The van der Waals surface area contributed by atoms with E-state index in [1.54, 1.807) is 4.90 Å². The Kier molecular flexibility index (Phi) is 10.9. The van der Waals surface area contributed by atoms with Crippen LogP contribution in [0.15, 0.2) is 18.2 Å². The number of amides is 3. The number of hydrogen-bond acceptors (Lipinski definition) is 4. The van der Waals surface area contributed by atoms with Gasteiger partial charge in [0, 0.05) is 43.7 Å². The van der Waals surface area contributed by atoms with Gasteiger partial charge in [0.25, 0.3) is 0 Å². The molecule has 1 aliphatic carbocycles. The number of urea groups is 1. The number of halogens is 2. The van der Waals surface area contributed by atoms with Gasteiger partial charge in [-0.3, -0.25) is 0 Å².